The fourth-order valence-electron chi connectivity index (χ4n) is 4.89. The van der Waals surface area contributed by atoms with Crippen LogP contribution >= 0.6 is 0 Å². The highest BCUT2D eigenvalue weighted by Crippen LogP contribution is 2.53. The number of nitrogens with zero attached hydrogens (tertiary/aromatic N) is 4. The normalized spacial score (nSPS) is 13.9. The Labute approximate surface area is 265 Å². The van der Waals surface area contributed by atoms with Crippen molar-refractivity contribution in [3.63, 3.8) is 0 Å². The number of aryl methyl sites for hydroxylation is 1. The van der Waals surface area contributed by atoms with E-state index >= 15 is 0 Å². The van der Waals surface area contributed by atoms with Crippen molar-refractivity contribution in [1.82, 2.24) is 24.8 Å². The average molecular weight is 609 g/mol. The third-order valence-electron chi connectivity index (χ3n) is 7.72. The van der Waals surface area contributed by atoms with Crippen molar-refractivity contribution in [2.75, 3.05) is 34.3 Å². The number of H-pyrrole nitrogens is 1. The topological polar surface area (TPSA) is 127 Å². The van der Waals surface area contributed by atoms with Crippen molar-refractivity contribution < 1.29 is 14.3 Å². The van der Waals surface area contributed by atoms with E-state index in [-0.39, 0.29) is 0 Å². The summed E-state index contributed by atoms with van der Waals surface area (Å²) in [6.07, 6.45) is 25.9. The molecular weight excluding hydrogens is 552 g/mol. The number of rotatable bonds is 10. The number of ketones is 1. The summed E-state index contributed by atoms with van der Waals surface area (Å²) in [5.41, 5.74) is 7.97. The van der Waals surface area contributed by atoms with E-state index in [9.17, 15) is 4.79 Å². The van der Waals surface area contributed by atoms with Gasteiger partial charge in [-0.05, 0) is 83.3 Å². The number of fused-ring (bicyclic) bond motifs is 1. The number of terminal acetylenes is 1. The number of methoxy groups -OCH3 is 1. The molecule has 0 amide bonds. The molecule has 44 heavy (non-hydrogen) atoms. The van der Waals surface area contributed by atoms with Gasteiger partial charge in [-0.2, -0.15) is 0 Å². The number of imidazole rings is 1. The molecule has 1 saturated carbocycles. The van der Waals surface area contributed by atoms with Gasteiger partial charge < -0.3 is 25.1 Å². The van der Waals surface area contributed by atoms with Crippen LogP contribution in [0.4, 0.5) is 0 Å². The quantitative estimate of drug-likeness (QED) is 0.193. The Morgan fingerprint density at radius 2 is 1.70 bits per heavy atom. The van der Waals surface area contributed by atoms with E-state index in [1.54, 1.807) is 19.5 Å². The van der Waals surface area contributed by atoms with Gasteiger partial charge in [0.2, 0.25) is 5.88 Å². The Morgan fingerprint density at radius 1 is 1.07 bits per heavy atom. The second-order valence-corrected chi connectivity index (χ2v) is 10.5. The Morgan fingerprint density at radius 3 is 2.30 bits per heavy atom. The molecule has 3 N–H and O–H groups in total. The van der Waals surface area contributed by atoms with Gasteiger partial charge in [-0.15, -0.1) is 12.8 Å². The molecule has 0 aromatic carbocycles. The van der Waals surface area contributed by atoms with Crippen molar-refractivity contribution in [2.45, 2.75) is 91.4 Å². The molecule has 3 aromatic heterocycles. The number of hydrogen-bond acceptors (Lipinski definition) is 8. The molecule has 244 valence electrons. The lowest BCUT2D eigenvalue weighted by molar-refractivity contribution is -0.118. The highest BCUT2D eigenvalue weighted by molar-refractivity contribution is 5.84. The molecule has 9 nitrogen and oxygen atoms in total. The molecule has 1 aliphatic carbocycles. The maximum atomic E-state index is 11.3. The molecule has 2 aliphatic rings. The number of carbonyl (C=O) groups excluding carboxylic acids is 2. The van der Waals surface area contributed by atoms with Crippen LogP contribution in [0.25, 0.3) is 22.2 Å². The van der Waals surface area contributed by atoms with Crippen LogP contribution in [0, 0.1) is 18.3 Å². The number of pyridine rings is 2. The lowest BCUT2D eigenvalue weighted by atomic mass is 9.94. The first kappa shape index (κ1) is 40.4. The van der Waals surface area contributed by atoms with E-state index in [4.69, 9.17) is 9.53 Å². The summed E-state index contributed by atoms with van der Waals surface area (Å²) in [5.74, 6) is 1.89. The minimum Gasteiger partial charge on any atom is -0.480 e. The summed E-state index contributed by atoms with van der Waals surface area (Å²) >= 11 is 0. The number of unbranched alkanes of at least 4 members (excludes halogenated alkanes) is 3. The molecule has 2 fully saturated rings. The second kappa shape index (κ2) is 23.8. The standard InChI is InChI=1S/C21H26N4O2.C8H15N.C2H6.C2H2.CH5N.CH2O/c1-3-16(26)8-6-4-5-7-9-20-23-14-19(24-20)17-12-15-10-11-22-13-18(15)25-21(17)27-2;1-9-6-4-8(2-3-8)5-7-9;4*1-2/h10-14H,3-9H2,1-2H3,(H,23,24);2-7H2,1H3;1-2H3;1-2H;2H2,1H3;1H2. The predicted octanol–water partition coefficient (Wildman–Crippen LogP) is 6.66. The number of piperidine rings is 1. The van der Waals surface area contributed by atoms with Gasteiger partial charge in [-0.3, -0.25) is 9.78 Å². The van der Waals surface area contributed by atoms with Gasteiger partial charge in [-0.25, -0.2) is 9.97 Å². The fourth-order valence-corrected chi connectivity index (χ4v) is 4.89. The van der Waals surface area contributed by atoms with Crippen molar-refractivity contribution in [2.24, 2.45) is 11.1 Å². The number of aromatic amines is 1. The Bertz CT molecular complexity index is 1200. The van der Waals surface area contributed by atoms with Gasteiger partial charge in [0.1, 0.15) is 18.4 Å². The number of Topliss-reactive ketones (excluding diaryl/α,β-unsaturated/α-hetero) is 1. The predicted molar refractivity (Wildman–Crippen MR) is 183 cm³/mol. The van der Waals surface area contributed by atoms with Gasteiger partial charge in [0, 0.05) is 30.8 Å². The third kappa shape index (κ3) is 13.8. The van der Waals surface area contributed by atoms with Crippen molar-refractivity contribution in [1.29, 1.82) is 0 Å². The fraction of sp³-hybridized carbons (Fsp3) is 0.571. The van der Waals surface area contributed by atoms with Crippen molar-refractivity contribution in [3.05, 3.63) is 36.5 Å². The third-order valence-corrected chi connectivity index (χ3v) is 7.72. The lowest BCUT2D eigenvalue weighted by Crippen LogP contribution is -2.30. The highest BCUT2D eigenvalue weighted by atomic mass is 16.5. The summed E-state index contributed by atoms with van der Waals surface area (Å²) in [6, 6.07) is 3.98. The summed E-state index contributed by atoms with van der Waals surface area (Å²) in [5, 5.41) is 1.01. The van der Waals surface area contributed by atoms with Crippen LogP contribution in [-0.4, -0.2) is 71.7 Å². The van der Waals surface area contributed by atoms with Gasteiger partial charge >= 0.3 is 0 Å². The van der Waals surface area contributed by atoms with Gasteiger partial charge in [0.15, 0.2) is 0 Å². The maximum absolute atomic E-state index is 11.3. The van der Waals surface area contributed by atoms with Crippen LogP contribution in [0.1, 0.15) is 90.8 Å². The van der Waals surface area contributed by atoms with E-state index in [0.29, 0.717) is 24.5 Å². The van der Waals surface area contributed by atoms with E-state index in [2.05, 4.69) is 50.5 Å². The monoisotopic (exact) mass is 608 g/mol. The van der Waals surface area contributed by atoms with Gasteiger partial charge in [0.25, 0.3) is 0 Å². The van der Waals surface area contributed by atoms with Crippen molar-refractivity contribution >= 4 is 23.5 Å². The zero-order valence-electron chi connectivity index (χ0n) is 28.0. The molecule has 3 aromatic rings. The first-order chi connectivity index (χ1) is 21.5. The minimum atomic E-state index is 0.361. The Kier molecular flexibility index (Phi) is 21.8. The molecule has 5 rings (SSSR count). The van der Waals surface area contributed by atoms with E-state index < -0.39 is 0 Å². The number of aromatic nitrogens is 4. The molecule has 0 unspecified atom stereocenters. The second-order valence-electron chi connectivity index (χ2n) is 10.5. The number of nitrogens with one attached hydrogen (secondary N) is 1. The van der Waals surface area contributed by atoms with Crippen LogP contribution in [-0.2, 0) is 16.0 Å². The average Bonchev–Trinajstić information content (AvgIpc) is 3.70. The largest absolute Gasteiger partial charge is 0.480 e. The maximum Gasteiger partial charge on any atom is 0.223 e. The van der Waals surface area contributed by atoms with Crippen LogP contribution < -0.4 is 10.5 Å². The van der Waals surface area contributed by atoms with Crippen LogP contribution in [0.2, 0.25) is 0 Å². The number of likely N-dealkylation sites (tertiary alicyclic amines) is 1. The molecule has 1 aliphatic heterocycles. The Hall–Kier alpha value is -3.61. The number of nitrogens with two attached hydrogens (primary N) is 1. The molecular formula is C35H56N6O3. The molecule has 0 atom stereocenters. The first-order valence-electron chi connectivity index (χ1n) is 15.7. The van der Waals surface area contributed by atoms with Crippen LogP contribution in [0.15, 0.2) is 30.7 Å². The summed E-state index contributed by atoms with van der Waals surface area (Å²) < 4.78 is 5.46. The van der Waals surface area contributed by atoms with E-state index in [0.717, 1.165) is 65.5 Å². The van der Waals surface area contributed by atoms with Gasteiger partial charge in [-0.1, -0.05) is 33.6 Å². The summed E-state index contributed by atoms with van der Waals surface area (Å²) in [6.45, 7) is 10.6. The van der Waals surface area contributed by atoms with Crippen LogP contribution in [0.3, 0.4) is 0 Å². The minimum absolute atomic E-state index is 0.361. The highest BCUT2D eigenvalue weighted by Gasteiger charge is 2.43. The van der Waals surface area contributed by atoms with E-state index in [1.165, 1.54) is 45.8 Å². The summed E-state index contributed by atoms with van der Waals surface area (Å²) in [4.78, 5) is 38.3. The molecule has 0 radical (unpaired) electrons. The molecule has 0 bridgehead atoms. The number of carbonyl (C=O) groups is 2. The van der Waals surface area contributed by atoms with Crippen LogP contribution in [0.5, 0.6) is 5.88 Å². The molecule has 1 saturated heterocycles. The first-order valence-corrected chi connectivity index (χ1v) is 15.7. The SMILES string of the molecule is C#C.C=O.CC.CCC(=O)CCCCCCc1ncc(-c2cc3ccncc3nc2OC)[nH]1.CN.CN1CCC2(CC1)CC2. The Balaban J connectivity index is 0.000000897. The lowest BCUT2D eigenvalue weighted by Gasteiger charge is -2.28. The zero-order valence-corrected chi connectivity index (χ0v) is 28.0. The molecule has 4 heterocycles. The zero-order chi connectivity index (χ0) is 33.4. The number of hydrogen-bond donors (Lipinski definition) is 2. The number of ether oxygens (including phenoxy) is 1. The molecule has 1 spiro atoms. The summed E-state index contributed by atoms with van der Waals surface area (Å²) in [7, 11) is 5.35. The van der Waals surface area contributed by atoms with Crippen molar-refractivity contribution in [3.8, 4) is 30.0 Å². The smallest absolute Gasteiger partial charge is 0.223 e. The van der Waals surface area contributed by atoms with Gasteiger partial charge in [0.05, 0.1) is 36.3 Å². The van der Waals surface area contributed by atoms with E-state index in [1.807, 2.05) is 45.9 Å². The molecule has 9 heteroatoms.